The Kier molecular flexibility index (Phi) is 5.45. The number of carbonyl (C=O) groups excluding carboxylic acids is 1. The Morgan fingerprint density at radius 1 is 1.30 bits per heavy atom. The number of nitrogens with zero attached hydrogens (tertiary/aromatic N) is 4. The molecule has 136 valence electrons. The maximum absolute atomic E-state index is 12.4. The molecule has 3 aromatic rings. The largest absolute Gasteiger partial charge is 0.377 e. The molecule has 0 saturated heterocycles. The third-order valence-electron chi connectivity index (χ3n) is 3.85. The van der Waals surface area contributed by atoms with E-state index in [0.717, 1.165) is 0 Å². The van der Waals surface area contributed by atoms with Crippen LogP contribution in [0.5, 0.6) is 0 Å². The van der Waals surface area contributed by atoms with Gasteiger partial charge in [-0.15, -0.1) is 0 Å². The topological polar surface area (TPSA) is 113 Å². The Morgan fingerprint density at radius 3 is 2.85 bits per heavy atom. The number of methoxy groups -OCH3 is 1. The van der Waals surface area contributed by atoms with E-state index in [1.807, 2.05) is 13.0 Å². The van der Waals surface area contributed by atoms with Crippen LogP contribution in [0.4, 0.5) is 16.2 Å². The fourth-order valence-electron chi connectivity index (χ4n) is 2.54. The molecule has 3 rings (SSSR count). The van der Waals surface area contributed by atoms with Crippen molar-refractivity contribution >= 4 is 40.0 Å². The van der Waals surface area contributed by atoms with Crippen LogP contribution >= 0.6 is 11.6 Å². The Morgan fingerprint density at radius 2 is 2.11 bits per heavy atom. The van der Waals surface area contributed by atoms with Crippen LogP contribution < -0.4 is 10.6 Å². The van der Waals surface area contributed by atoms with Gasteiger partial charge in [-0.2, -0.15) is 5.26 Å². The number of amides is 2. The summed E-state index contributed by atoms with van der Waals surface area (Å²) < 4.78 is 5.43. The maximum atomic E-state index is 12.4. The monoisotopic (exact) mass is 382 g/mol. The van der Waals surface area contributed by atoms with Gasteiger partial charge in [0.1, 0.15) is 11.2 Å². The molecule has 0 aliphatic rings. The molecule has 0 radical (unpaired) electrons. The number of urea groups is 1. The van der Waals surface area contributed by atoms with Crippen molar-refractivity contribution < 1.29 is 9.53 Å². The summed E-state index contributed by atoms with van der Waals surface area (Å²) in [5.41, 5.74) is 3.01. The average Bonchev–Trinajstić information content (AvgIpc) is 2.67. The van der Waals surface area contributed by atoms with Crippen LogP contribution in [0.3, 0.4) is 0 Å². The van der Waals surface area contributed by atoms with E-state index in [4.69, 9.17) is 21.6 Å². The lowest BCUT2D eigenvalue weighted by Gasteiger charge is -2.18. The van der Waals surface area contributed by atoms with Crippen molar-refractivity contribution in [1.29, 1.82) is 5.26 Å². The molecule has 3 heterocycles. The number of anilines is 2. The van der Waals surface area contributed by atoms with Crippen molar-refractivity contribution in [3.05, 3.63) is 53.1 Å². The predicted octanol–water partition coefficient (Wildman–Crippen LogP) is 3.90. The van der Waals surface area contributed by atoms with Gasteiger partial charge in [0.25, 0.3) is 0 Å². The van der Waals surface area contributed by atoms with Gasteiger partial charge in [-0.1, -0.05) is 11.6 Å². The third-order valence-corrected chi connectivity index (χ3v) is 4.06. The number of ether oxygens (including phenoxy) is 1. The highest BCUT2D eigenvalue weighted by atomic mass is 35.5. The van der Waals surface area contributed by atoms with Crippen molar-refractivity contribution in [2.75, 3.05) is 17.7 Å². The lowest BCUT2D eigenvalue weighted by atomic mass is 10.1. The van der Waals surface area contributed by atoms with E-state index in [-0.39, 0.29) is 6.10 Å². The molecule has 1 atom stereocenters. The molecule has 9 heteroatoms. The summed E-state index contributed by atoms with van der Waals surface area (Å²) in [6.07, 6.45) is 4.02. The SMILES string of the molecule is COC(C)c1c(NC(=O)Nc2cncc(C#N)c2)cnc2ccc(Cl)nc12. The molecule has 0 saturated carbocycles. The fraction of sp³-hybridized carbons (Fsp3) is 0.167. The van der Waals surface area contributed by atoms with Gasteiger partial charge < -0.3 is 15.4 Å². The van der Waals surface area contributed by atoms with Gasteiger partial charge in [-0.05, 0) is 25.1 Å². The molecule has 27 heavy (non-hydrogen) atoms. The quantitative estimate of drug-likeness (QED) is 0.661. The van der Waals surface area contributed by atoms with Gasteiger partial charge in [0.15, 0.2) is 0 Å². The molecule has 8 nitrogen and oxygen atoms in total. The molecule has 0 bridgehead atoms. The van der Waals surface area contributed by atoms with Crippen LogP contribution in [0.25, 0.3) is 11.0 Å². The number of hydrogen-bond donors (Lipinski definition) is 2. The van der Waals surface area contributed by atoms with Gasteiger partial charge in [0.05, 0.1) is 46.5 Å². The van der Waals surface area contributed by atoms with Crippen LogP contribution in [0, 0.1) is 11.3 Å². The molecule has 0 aromatic carbocycles. The lowest BCUT2D eigenvalue weighted by Crippen LogP contribution is -2.21. The smallest absolute Gasteiger partial charge is 0.323 e. The standard InChI is InChI=1S/C18H15ClN6O2/c1-10(27-2)16-14(9-22-13-3-4-15(19)25-17(13)16)24-18(26)23-12-5-11(6-20)7-21-8-12/h3-5,7-10H,1-2H3,(H2,23,24,26). The lowest BCUT2D eigenvalue weighted by molar-refractivity contribution is 0.121. The number of fused-ring (bicyclic) bond motifs is 1. The second kappa shape index (κ2) is 7.95. The number of carbonyl (C=O) groups is 1. The number of hydrogen-bond acceptors (Lipinski definition) is 6. The molecular weight excluding hydrogens is 368 g/mol. The summed E-state index contributed by atoms with van der Waals surface area (Å²) in [5, 5.41) is 14.6. The fourth-order valence-corrected chi connectivity index (χ4v) is 2.69. The number of pyridine rings is 3. The molecule has 3 aromatic heterocycles. The number of rotatable bonds is 4. The van der Waals surface area contributed by atoms with E-state index in [9.17, 15) is 4.79 Å². The van der Waals surface area contributed by atoms with Gasteiger partial charge >= 0.3 is 6.03 Å². The minimum absolute atomic E-state index is 0.315. The molecule has 2 amide bonds. The molecule has 0 spiro atoms. The number of aromatic nitrogens is 3. The molecule has 0 aliphatic carbocycles. The van der Waals surface area contributed by atoms with Gasteiger partial charge in [-0.3, -0.25) is 9.97 Å². The van der Waals surface area contributed by atoms with Gasteiger partial charge in [-0.25, -0.2) is 9.78 Å². The highest BCUT2D eigenvalue weighted by Crippen LogP contribution is 2.31. The van der Waals surface area contributed by atoms with E-state index in [2.05, 4.69) is 25.6 Å². The van der Waals surface area contributed by atoms with E-state index >= 15 is 0 Å². The zero-order chi connectivity index (χ0) is 19.4. The van der Waals surface area contributed by atoms with Crippen LogP contribution in [-0.4, -0.2) is 28.1 Å². The Labute approximate surface area is 160 Å². The minimum atomic E-state index is -0.514. The second-order valence-corrected chi connectivity index (χ2v) is 6.01. The Balaban J connectivity index is 1.93. The zero-order valence-corrected chi connectivity index (χ0v) is 15.3. The van der Waals surface area contributed by atoms with Crippen molar-refractivity contribution in [2.24, 2.45) is 0 Å². The van der Waals surface area contributed by atoms with Crippen molar-refractivity contribution in [2.45, 2.75) is 13.0 Å². The number of halogens is 1. The van der Waals surface area contributed by atoms with Crippen molar-refractivity contribution in [1.82, 2.24) is 15.0 Å². The van der Waals surface area contributed by atoms with E-state index < -0.39 is 6.03 Å². The van der Waals surface area contributed by atoms with Gasteiger partial charge in [0, 0.05) is 18.9 Å². The number of nitriles is 1. The summed E-state index contributed by atoms with van der Waals surface area (Å²) in [6, 6.07) is 6.37. The molecular formula is C18H15ClN6O2. The van der Waals surface area contributed by atoms with Crippen LogP contribution in [0.15, 0.2) is 36.8 Å². The highest BCUT2D eigenvalue weighted by molar-refractivity contribution is 6.29. The Bertz CT molecular complexity index is 1050. The molecule has 1 unspecified atom stereocenters. The van der Waals surface area contributed by atoms with Crippen molar-refractivity contribution in [3.63, 3.8) is 0 Å². The van der Waals surface area contributed by atoms with E-state index in [1.54, 1.807) is 19.2 Å². The first-order valence-electron chi connectivity index (χ1n) is 7.93. The minimum Gasteiger partial charge on any atom is -0.377 e. The first-order chi connectivity index (χ1) is 13.0. The summed E-state index contributed by atoms with van der Waals surface area (Å²) in [5.74, 6) is 0. The zero-order valence-electron chi connectivity index (χ0n) is 14.5. The summed E-state index contributed by atoms with van der Waals surface area (Å²) >= 11 is 6.02. The summed E-state index contributed by atoms with van der Waals surface area (Å²) in [4.78, 5) is 24.9. The van der Waals surface area contributed by atoms with E-state index in [0.29, 0.717) is 38.7 Å². The van der Waals surface area contributed by atoms with Gasteiger partial charge in [0.2, 0.25) is 0 Å². The van der Waals surface area contributed by atoms with E-state index in [1.165, 1.54) is 24.7 Å². The molecule has 0 fully saturated rings. The summed E-state index contributed by atoms with van der Waals surface area (Å²) in [7, 11) is 1.56. The Hall–Kier alpha value is -3.28. The first-order valence-corrected chi connectivity index (χ1v) is 8.30. The maximum Gasteiger partial charge on any atom is 0.323 e. The van der Waals surface area contributed by atoms with Crippen LogP contribution in [0.2, 0.25) is 5.15 Å². The molecule has 0 aliphatic heterocycles. The molecule has 2 N–H and O–H groups in total. The van der Waals surface area contributed by atoms with Crippen LogP contribution in [-0.2, 0) is 4.74 Å². The summed E-state index contributed by atoms with van der Waals surface area (Å²) in [6.45, 7) is 1.83. The second-order valence-electron chi connectivity index (χ2n) is 5.62. The first kappa shape index (κ1) is 18.5. The predicted molar refractivity (Wildman–Crippen MR) is 102 cm³/mol. The van der Waals surface area contributed by atoms with Crippen molar-refractivity contribution in [3.8, 4) is 6.07 Å². The highest BCUT2D eigenvalue weighted by Gasteiger charge is 2.18. The average molecular weight is 383 g/mol. The number of nitrogens with one attached hydrogen (secondary N) is 2. The van der Waals surface area contributed by atoms with Crippen LogP contribution in [0.1, 0.15) is 24.2 Å². The normalized spacial score (nSPS) is 11.6. The third kappa shape index (κ3) is 4.11.